The van der Waals surface area contributed by atoms with Gasteiger partial charge in [0.25, 0.3) is 22.4 Å². The molecule has 4 fully saturated rings. The highest BCUT2D eigenvalue weighted by atomic mass is 16.4. The minimum Gasteiger partial charge on any atom is -0.368 e. The molecule has 4 aliphatic rings. The van der Waals surface area contributed by atoms with Crippen LogP contribution in [0, 0.1) is 0 Å². The Bertz CT molecular complexity index is 502. The normalized spacial score (nSPS) is 50.4. The third-order valence-electron chi connectivity index (χ3n) is 3.94. The van der Waals surface area contributed by atoms with Crippen LogP contribution in [0.2, 0.25) is 0 Å². The third kappa shape index (κ3) is 0.718. The molecule has 0 atom stereocenters. The zero-order valence-corrected chi connectivity index (χ0v) is 9.24. The Hall–Kier alpha value is -2.14. The van der Waals surface area contributed by atoms with Gasteiger partial charge in [0.2, 0.25) is 34.7 Å². The summed E-state index contributed by atoms with van der Waals surface area (Å²) in [4.78, 5) is 70.4. The largest absolute Gasteiger partial charge is 0.368 e. The van der Waals surface area contributed by atoms with Crippen LogP contribution >= 0.6 is 0 Å². The minimum atomic E-state index is -3.83. The Balaban J connectivity index is 2.54. The van der Waals surface area contributed by atoms with E-state index in [0.717, 1.165) is 0 Å². The lowest BCUT2D eigenvalue weighted by molar-refractivity contribution is -0.222. The lowest BCUT2D eigenvalue weighted by Crippen LogP contribution is -2.97. The highest BCUT2D eigenvalue weighted by Gasteiger charge is 2.93. The maximum atomic E-state index is 11.7. The number of carbonyl (C=O) groups is 6. The number of rotatable bonds is 0. The molecule has 4 N–H and O–H groups in total. The van der Waals surface area contributed by atoms with Crippen molar-refractivity contribution in [3.05, 3.63) is 0 Å². The molecule has 0 aromatic rings. The smallest absolute Gasteiger partial charge is 0.252 e. The quantitative estimate of drug-likeness (QED) is 0.312. The van der Waals surface area contributed by atoms with Crippen LogP contribution in [0.25, 0.3) is 0 Å². The minimum absolute atomic E-state index is 2.20. The number of hydrogen-bond acceptors (Lipinski definition) is 10. The summed E-state index contributed by atoms with van der Waals surface area (Å²) >= 11 is 0. The average Bonchev–Trinajstić information content (AvgIpc) is 2.43. The maximum absolute atomic E-state index is 11.7. The number of Topliss-reactive ketones (excluding diaryl/α,β-unsaturated/α-hetero) is 6. The number of ketones is 6. The van der Waals surface area contributed by atoms with E-state index in [4.69, 9.17) is 0 Å². The first kappa shape index (κ1) is 12.9. The first-order valence-corrected chi connectivity index (χ1v) is 5.12. The van der Waals surface area contributed by atoms with Crippen LogP contribution in [0.15, 0.2) is 0 Å². The molecule has 104 valence electrons. The zero-order chi connectivity index (χ0) is 15.5. The summed E-state index contributed by atoms with van der Waals surface area (Å²) in [7, 11) is 0. The summed E-state index contributed by atoms with van der Waals surface area (Å²) in [5.74, 6) is -13.2. The fourth-order valence-corrected chi connectivity index (χ4v) is 2.81. The molecule has 0 unspecified atom stereocenters. The lowest BCUT2D eigenvalue weighted by Gasteiger charge is -2.55. The van der Waals surface area contributed by atoms with E-state index in [-0.39, 0.29) is 0 Å². The summed E-state index contributed by atoms with van der Waals surface area (Å²) in [5, 5.41) is 39.1. The first-order valence-electron chi connectivity index (χ1n) is 5.12. The highest BCUT2D eigenvalue weighted by molar-refractivity contribution is 6.68. The SMILES string of the molecule is O=C1C2(O)C(=O)C3(O)C(=O)C1(O)C(=O)C(O)(C2=O)C3=O. The standard InChI is InChI=1S/C10H4O10/c11-1-7(17)2(12)9(19)4(14)8(1,18)5(15)10(20,3(7)13)6(9)16/h17-20H. The average molecular weight is 284 g/mol. The molecule has 4 bridgehead atoms. The molecule has 0 spiro atoms. The van der Waals surface area contributed by atoms with Gasteiger partial charge in [0, 0.05) is 0 Å². The predicted molar refractivity (Wildman–Crippen MR) is 49.8 cm³/mol. The van der Waals surface area contributed by atoms with Crippen molar-refractivity contribution in [2.75, 3.05) is 0 Å². The van der Waals surface area contributed by atoms with Gasteiger partial charge in [-0.05, 0) is 0 Å². The molecule has 0 aromatic heterocycles. The molecule has 10 heteroatoms. The number of hydrogen-bond donors (Lipinski definition) is 4. The molecular formula is C10H4O10. The Morgan fingerprint density at radius 3 is 0.600 bits per heavy atom. The van der Waals surface area contributed by atoms with Gasteiger partial charge in [0.05, 0.1) is 0 Å². The van der Waals surface area contributed by atoms with E-state index < -0.39 is 57.1 Å². The fraction of sp³-hybridized carbons (Fsp3) is 0.400. The van der Waals surface area contributed by atoms with E-state index in [1.54, 1.807) is 0 Å². The monoisotopic (exact) mass is 284 g/mol. The molecule has 0 saturated heterocycles. The molecule has 10 nitrogen and oxygen atoms in total. The van der Waals surface area contributed by atoms with Crippen molar-refractivity contribution >= 4 is 34.7 Å². The molecular weight excluding hydrogens is 280 g/mol. The molecule has 0 aliphatic heterocycles. The van der Waals surface area contributed by atoms with E-state index in [1.807, 2.05) is 0 Å². The van der Waals surface area contributed by atoms with Crippen molar-refractivity contribution in [2.24, 2.45) is 0 Å². The van der Waals surface area contributed by atoms with Gasteiger partial charge >= 0.3 is 0 Å². The summed E-state index contributed by atoms with van der Waals surface area (Å²) in [5.41, 5.74) is -15.3. The maximum Gasteiger partial charge on any atom is 0.252 e. The van der Waals surface area contributed by atoms with Crippen molar-refractivity contribution in [3.63, 3.8) is 0 Å². The second-order valence-electron chi connectivity index (χ2n) is 4.82. The molecule has 0 aromatic carbocycles. The molecule has 0 radical (unpaired) electrons. The van der Waals surface area contributed by atoms with Gasteiger partial charge in [-0.3, -0.25) is 28.8 Å². The van der Waals surface area contributed by atoms with Crippen LogP contribution in [-0.2, 0) is 28.8 Å². The fourth-order valence-electron chi connectivity index (χ4n) is 2.81. The van der Waals surface area contributed by atoms with Crippen molar-refractivity contribution in [3.8, 4) is 0 Å². The molecule has 0 amide bonds. The Morgan fingerprint density at radius 1 is 0.400 bits per heavy atom. The van der Waals surface area contributed by atoms with E-state index >= 15 is 0 Å². The third-order valence-corrected chi connectivity index (χ3v) is 3.94. The van der Waals surface area contributed by atoms with Gasteiger partial charge in [0.1, 0.15) is 0 Å². The van der Waals surface area contributed by atoms with Crippen LogP contribution in [0.3, 0.4) is 0 Å². The molecule has 4 saturated carbocycles. The summed E-state index contributed by atoms with van der Waals surface area (Å²) in [6, 6.07) is 0. The zero-order valence-electron chi connectivity index (χ0n) is 9.24. The van der Waals surface area contributed by atoms with Crippen LogP contribution < -0.4 is 0 Å². The van der Waals surface area contributed by atoms with E-state index in [1.165, 1.54) is 0 Å². The van der Waals surface area contributed by atoms with Crippen molar-refractivity contribution in [1.82, 2.24) is 0 Å². The Morgan fingerprint density at radius 2 is 0.500 bits per heavy atom. The number of aliphatic hydroxyl groups is 4. The Kier molecular flexibility index (Phi) is 1.72. The van der Waals surface area contributed by atoms with Crippen molar-refractivity contribution in [1.29, 1.82) is 0 Å². The highest BCUT2D eigenvalue weighted by Crippen LogP contribution is 2.50. The van der Waals surface area contributed by atoms with E-state index in [2.05, 4.69) is 0 Å². The van der Waals surface area contributed by atoms with Gasteiger partial charge in [-0.1, -0.05) is 0 Å². The van der Waals surface area contributed by atoms with Crippen LogP contribution in [0.1, 0.15) is 0 Å². The van der Waals surface area contributed by atoms with Gasteiger partial charge in [-0.25, -0.2) is 0 Å². The molecule has 20 heavy (non-hydrogen) atoms. The van der Waals surface area contributed by atoms with Crippen molar-refractivity contribution in [2.45, 2.75) is 22.4 Å². The van der Waals surface area contributed by atoms with Crippen LogP contribution in [0.5, 0.6) is 0 Å². The molecule has 4 rings (SSSR count). The van der Waals surface area contributed by atoms with E-state index in [0.29, 0.717) is 0 Å². The molecule has 4 aliphatic carbocycles. The first-order chi connectivity index (χ1) is 8.93. The Labute approximate surface area is 107 Å². The second-order valence-corrected chi connectivity index (χ2v) is 4.82. The summed E-state index contributed by atoms with van der Waals surface area (Å²) in [6.07, 6.45) is 0. The summed E-state index contributed by atoms with van der Waals surface area (Å²) in [6.45, 7) is 0. The van der Waals surface area contributed by atoms with Gasteiger partial charge in [-0.2, -0.15) is 0 Å². The van der Waals surface area contributed by atoms with Crippen LogP contribution in [0.4, 0.5) is 0 Å². The summed E-state index contributed by atoms with van der Waals surface area (Å²) < 4.78 is 0. The van der Waals surface area contributed by atoms with E-state index in [9.17, 15) is 49.2 Å². The molecule has 0 heterocycles. The van der Waals surface area contributed by atoms with Crippen LogP contribution in [-0.4, -0.2) is 77.5 Å². The van der Waals surface area contributed by atoms with Gasteiger partial charge in [0.15, 0.2) is 0 Å². The lowest BCUT2D eigenvalue weighted by atomic mass is 9.45. The van der Waals surface area contributed by atoms with Crippen molar-refractivity contribution < 1.29 is 49.2 Å². The van der Waals surface area contributed by atoms with Gasteiger partial charge in [-0.15, -0.1) is 0 Å². The van der Waals surface area contributed by atoms with Gasteiger partial charge < -0.3 is 20.4 Å². The predicted octanol–water partition coefficient (Wildman–Crippen LogP) is -5.63. The number of carbonyl (C=O) groups excluding carboxylic acids is 6. The topological polar surface area (TPSA) is 183 Å². The second kappa shape index (κ2) is 2.67.